The second-order valence-electron chi connectivity index (χ2n) is 5.45. The SMILES string of the molecule is COc1cccc(NC(N)=NCC(C2CC2)N(C)C)c1. The lowest BCUT2D eigenvalue weighted by atomic mass is 10.2. The topological polar surface area (TPSA) is 62.9 Å². The number of ether oxygens (including phenoxy) is 1. The summed E-state index contributed by atoms with van der Waals surface area (Å²) in [5.74, 6) is 2.02. The van der Waals surface area contributed by atoms with Crippen molar-refractivity contribution in [2.24, 2.45) is 16.6 Å². The van der Waals surface area contributed by atoms with Crippen LogP contribution in [-0.2, 0) is 0 Å². The second kappa shape index (κ2) is 6.61. The van der Waals surface area contributed by atoms with E-state index in [1.165, 1.54) is 12.8 Å². The Morgan fingerprint density at radius 3 is 2.85 bits per heavy atom. The normalized spacial score (nSPS) is 17.1. The van der Waals surface area contributed by atoms with Gasteiger partial charge in [0.1, 0.15) is 5.75 Å². The molecular formula is C15H24N4O. The van der Waals surface area contributed by atoms with Crippen molar-refractivity contribution in [2.75, 3.05) is 33.1 Å². The fraction of sp³-hybridized carbons (Fsp3) is 0.533. The lowest BCUT2D eigenvalue weighted by Crippen LogP contribution is -2.34. The molecule has 0 spiro atoms. The van der Waals surface area contributed by atoms with E-state index in [9.17, 15) is 0 Å². The summed E-state index contributed by atoms with van der Waals surface area (Å²) in [6.07, 6.45) is 2.61. The average Bonchev–Trinajstić information content (AvgIpc) is 3.23. The van der Waals surface area contributed by atoms with Crippen LogP contribution >= 0.6 is 0 Å². The molecule has 0 amide bonds. The third-order valence-electron chi connectivity index (χ3n) is 3.62. The summed E-state index contributed by atoms with van der Waals surface area (Å²) in [5, 5.41) is 3.10. The van der Waals surface area contributed by atoms with Crippen molar-refractivity contribution >= 4 is 11.6 Å². The molecule has 1 aliphatic carbocycles. The molecule has 20 heavy (non-hydrogen) atoms. The van der Waals surface area contributed by atoms with E-state index < -0.39 is 0 Å². The second-order valence-corrected chi connectivity index (χ2v) is 5.45. The maximum absolute atomic E-state index is 5.95. The third-order valence-corrected chi connectivity index (χ3v) is 3.62. The number of methoxy groups -OCH3 is 1. The highest BCUT2D eigenvalue weighted by molar-refractivity contribution is 5.92. The quantitative estimate of drug-likeness (QED) is 0.614. The fourth-order valence-corrected chi connectivity index (χ4v) is 2.30. The maximum Gasteiger partial charge on any atom is 0.193 e. The highest BCUT2D eigenvalue weighted by atomic mass is 16.5. The van der Waals surface area contributed by atoms with E-state index in [1.54, 1.807) is 7.11 Å². The Kier molecular flexibility index (Phi) is 4.84. The van der Waals surface area contributed by atoms with Crippen molar-refractivity contribution in [3.63, 3.8) is 0 Å². The molecule has 0 aromatic heterocycles. The van der Waals surface area contributed by atoms with Gasteiger partial charge in [-0.2, -0.15) is 0 Å². The van der Waals surface area contributed by atoms with E-state index in [0.717, 1.165) is 23.9 Å². The Bertz CT molecular complexity index is 467. The van der Waals surface area contributed by atoms with Gasteiger partial charge in [0.05, 0.1) is 13.7 Å². The van der Waals surface area contributed by atoms with Gasteiger partial charge in [0.2, 0.25) is 0 Å². The molecule has 110 valence electrons. The molecule has 1 atom stereocenters. The van der Waals surface area contributed by atoms with Gasteiger partial charge in [0.25, 0.3) is 0 Å². The minimum absolute atomic E-state index is 0.450. The van der Waals surface area contributed by atoms with Gasteiger partial charge in [-0.05, 0) is 45.0 Å². The zero-order chi connectivity index (χ0) is 14.5. The Balaban J connectivity index is 1.92. The van der Waals surface area contributed by atoms with Crippen molar-refractivity contribution in [2.45, 2.75) is 18.9 Å². The van der Waals surface area contributed by atoms with Crippen molar-refractivity contribution in [1.82, 2.24) is 4.90 Å². The molecule has 0 heterocycles. The fourth-order valence-electron chi connectivity index (χ4n) is 2.30. The number of rotatable bonds is 6. The Labute approximate surface area is 120 Å². The maximum atomic E-state index is 5.95. The highest BCUT2D eigenvalue weighted by Crippen LogP contribution is 2.34. The first-order valence-electron chi connectivity index (χ1n) is 6.97. The van der Waals surface area contributed by atoms with Crippen molar-refractivity contribution in [3.8, 4) is 5.75 Å². The van der Waals surface area contributed by atoms with Crippen LogP contribution < -0.4 is 15.8 Å². The van der Waals surface area contributed by atoms with Gasteiger partial charge in [0.15, 0.2) is 5.96 Å². The molecule has 0 bridgehead atoms. The number of aliphatic imine (C=N–C) groups is 1. The number of benzene rings is 1. The molecule has 0 aliphatic heterocycles. The lowest BCUT2D eigenvalue weighted by Gasteiger charge is -2.22. The minimum Gasteiger partial charge on any atom is -0.497 e. The van der Waals surface area contributed by atoms with Crippen LogP contribution in [0.1, 0.15) is 12.8 Å². The highest BCUT2D eigenvalue weighted by Gasteiger charge is 2.32. The number of likely N-dealkylation sites (N-methyl/N-ethyl adjacent to an activating group) is 1. The number of nitrogens with zero attached hydrogens (tertiary/aromatic N) is 2. The van der Waals surface area contributed by atoms with Crippen LogP contribution in [0.4, 0.5) is 5.69 Å². The van der Waals surface area contributed by atoms with Gasteiger partial charge in [-0.1, -0.05) is 6.07 Å². The molecule has 1 unspecified atom stereocenters. The summed E-state index contributed by atoms with van der Waals surface area (Å²) >= 11 is 0. The van der Waals surface area contributed by atoms with E-state index in [0.29, 0.717) is 12.0 Å². The van der Waals surface area contributed by atoms with E-state index in [2.05, 4.69) is 29.3 Å². The van der Waals surface area contributed by atoms with Gasteiger partial charge in [-0.15, -0.1) is 0 Å². The molecule has 1 aliphatic rings. The van der Waals surface area contributed by atoms with Crippen LogP contribution in [0.15, 0.2) is 29.3 Å². The van der Waals surface area contributed by atoms with Gasteiger partial charge in [-0.3, -0.25) is 4.99 Å². The number of hydrogen-bond acceptors (Lipinski definition) is 3. The molecule has 3 N–H and O–H groups in total. The first-order chi connectivity index (χ1) is 9.60. The van der Waals surface area contributed by atoms with Crippen LogP contribution in [0.25, 0.3) is 0 Å². The average molecular weight is 276 g/mol. The van der Waals surface area contributed by atoms with E-state index in [1.807, 2.05) is 24.3 Å². The molecule has 5 heteroatoms. The molecule has 1 fully saturated rings. The third kappa shape index (κ3) is 4.13. The molecule has 1 aromatic carbocycles. The number of guanidine groups is 1. The van der Waals surface area contributed by atoms with E-state index in [-0.39, 0.29) is 0 Å². The van der Waals surface area contributed by atoms with Crippen molar-refractivity contribution in [1.29, 1.82) is 0 Å². The first-order valence-corrected chi connectivity index (χ1v) is 6.97. The Morgan fingerprint density at radius 1 is 1.50 bits per heavy atom. The lowest BCUT2D eigenvalue weighted by molar-refractivity contribution is 0.271. The zero-order valence-electron chi connectivity index (χ0n) is 12.5. The van der Waals surface area contributed by atoms with Crippen LogP contribution in [0.3, 0.4) is 0 Å². The number of anilines is 1. The summed E-state index contributed by atoms with van der Waals surface area (Å²) in [6, 6.07) is 8.14. The van der Waals surface area contributed by atoms with Gasteiger partial charge < -0.3 is 20.7 Å². The summed E-state index contributed by atoms with van der Waals surface area (Å²) in [6.45, 7) is 0.737. The standard InChI is InChI=1S/C15H24N4O/c1-19(2)14(11-7-8-11)10-17-15(16)18-12-5-4-6-13(9-12)20-3/h4-6,9,11,14H,7-8,10H2,1-3H3,(H3,16,17,18). The van der Waals surface area contributed by atoms with Gasteiger partial charge in [0, 0.05) is 17.8 Å². The predicted octanol–water partition coefficient (Wildman–Crippen LogP) is 1.76. The largest absolute Gasteiger partial charge is 0.497 e. The van der Waals surface area contributed by atoms with Crippen molar-refractivity contribution < 1.29 is 4.74 Å². The summed E-state index contributed by atoms with van der Waals surface area (Å²) in [7, 11) is 5.85. The molecule has 2 rings (SSSR count). The number of hydrogen-bond donors (Lipinski definition) is 2. The number of nitrogens with two attached hydrogens (primary N) is 1. The van der Waals surface area contributed by atoms with Crippen LogP contribution in [-0.4, -0.2) is 44.7 Å². The molecule has 1 saturated carbocycles. The van der Waals surface area contributed by atoms with Gasteiger partial charge in [-0.25, -0.2) is 0 Å². The molecule has 0 saturated heterocycles. The summed E-state index contributed by atoms with van der Waals surface area (Å²) in [4.78, 5) is 6.69. The molecule has 1 aromatic rings. The predicted molar refractivity (Wildman–Crippen MR) is 83.3 cm³/mol. The molecular weight excluding hydrogens is 252 g/mol. The van der Waals surface area contributed by atoms with Crippen LogP contribution in [0.5, 0.6) is 5.75 Å². The van der Waals surface area contributed by atoms with Crippen LogP contribution in [0.2, 0.25) is 0 Å². The first kappa shape index (κ1) is 14.7. The van der Waals surface area contributed by atoms with E-state index >= 15 is 0 Å². The monoisotopic (exact) mass is 276 g/mol. The minimum atomic E-state index is 0.450. The van der Waals surface area contributed by atoms with E-state index in [4.69, 9.17) is 10.5 Å². The Morgan fingerprint density at radius 2 is 2.25 bits per heavy atom. The molecule has 5 nitrogen and oxygen atoms in total. The molecule has 0 radical (unpaired) electrons. The van der Waals surface area contributed by atoms with Crippen LogP contribution in [0, 0.1) is 5.92 Å². The summed E-state index contributed by atoms with van der Waals surface area (Å²) < 4.78 is 5.18. The smallest absolute Gasteiger partial charge is 0.193 e. The summed E-state index contributed by atoms with van der Waals surface area (Å²) in [5.41, 5.74) is 6.83. The number of nitrogens with one attached hydrogen (secondary N) is 1. The zero-order valence-corrected chi connectivity index (χ0v) is 12.5. The van der Waals surface area contributed by atoms with Crippen molar-refractivity contribution in [3.05, 3.63) is 24.3 Å². The Hall–Kier alpha value is -1.75. The van der Waals surface area contributed by atoms with Gasteiger partial charge >= 0.3 is 0 Å².